The standard InChI is InChI=1S/C14H13FN2S/c1-2-12(14-4-3-7-18-14)17-13-6-5-11(15)8-10(13)9-16/h3-8,12,17H,2H2,1H3. The van der Waals surface area contributed by atoms with E-state index in [1.807, 2.05) is 17.5 Å². The minimum atomic E-state index is -0.388. The first kappa shape index (κ1) is 12.6. The maximum atomic E-state index is 13.1. The largest absolute Gasteiger partial charge is 0.376 e. The van der Waals surface area contributed by atoms with Gasteiger partial charge >= 0.3 is 0 Å². The second-order valence-corrected chi connectivity index (χ2v) is 4.90. The van der Waals surface area contributed by atoms with Crippen LogP contribution in [0.4, 0.5) is 10.1 Å². The van der Waals surface area contributed by atoms with E-state index in [2.05, 4.69) is 18.3 Å². The van der Waals surface area contributed by atoms with Crippen molar-refractivity contribution < 1.29 is 4.39 Å². The van der Waals surface area contributed by atoms with Crippen molar-refractivity contribution in [3.8, 4) is 6.07 Å². The van der Waals surface area contributed by atoms with E-state index >= 15 is 0 Å². The first-order chi connectivity index (χ1) is 8.74. The van der Waals surface area contributed by atoms with Crippen molar-refractivity contribution in [3.63, 3.8) is 0 Å². The van der Waals surface area contributed by atoms with Crippen molar-refractivity contribution in [2.24, 2.45) is 0 Å². The molecule has 0 saturated heterocycles. The fourth-order valence-corrected chi connectivity index (χ4v) is 2.65. The highest BCUT2D eigenvalue weighted by Crippen LogP contribution is 2.27. The maximum absolute atomic E-state index is 13.1. The van der Waals surface area contributed by atoms with E-state index in [0.29, 0.717) is 11.3 Å². The van der Waals surface area contributed by atoms with Gasteiger partial charge in [0.1, 0.15) is 11.9 Å². The third-order valence-corrected chi connectivity index (χ3v) is 3.71. The van der Waals surface area contributed by atoms with Crippen molar-refractivity contribution in [2.45, 2.75) is 19.4 Å². The Balaban J connectivity index is 2.25. The molecule has 1 heterocycles. The molecule has 1 N–H and O–H groups in total. The molecule has 1 aromatic carbocycles. The summed E-state index contributed by atoms with van der Waals surface area (Å²) in [6.07, 6.45) is 0.906. The number of benzene rings is 1. The molecule has 0 amide bonds. The lowest BCUT2D eigenvalue weighted by Gasteiger charge is -2.17. The lowest BCUT2D eigenvalue weighted by atomic mass is 10.1. The Hall–Kier alpha value is -1.86. The summed E-state index contributed by atoms with van der Waals surface area (Å²) in [5, 5.41) is 14.3. The Morgan fingerprint density at radius 3 is 2.89 bits per heavy atom. The van der Waals surface area contributed by atoms with Crippen LogP contribution in [0, 0.1) is 17.1 Å². The highest BCUT2D eigenvalue weighted by molar-refractivity contribution is 7.10. The molecule has 1 atom stereocenters. The fraction of sp³-hybridized carbons (Fsp3) is 0.214. The van der Waals surface area contributed by atoms with E-state index in [1.165, 1.54) is 17.0 Å². The van der Waals surface area contributed by atoms with Crippen LogP contribution in [0.1, 0.15) is 29.8 Å². The first-order valence-electron chi connectivity index (χ1n) is 5.74. The Labute approximate surface area is 110 Å². The lowest BCUT2D eigenvalue weighted by molar-refractivity contribution is 0.627. The van der Waals surface area contributed by atoms with Gasteiger partial charge in [0.25, 0.3) is 0 Å². The van der Waals surface area contributed by atoms with Crippen molar-refractivity contribution in [3.05, 3.63) is 52.0 Å². The van der Waals surface area contributed by atoms with E-state index in [-0.39, 0.29) is 11.9 Å². The van der Waals surface area contributed by atoms with Crippen LogP contribution in [0.15, 0.2) is 35.7 Å². The summed E-state index contributed by atoms with van der Waals surface area (Å²) in [6, 6.07) is 10.5. The molecule has 0 aliphatic rings. The predicted octanol–water partition coefficient (Wildman–Crippen LogP) is 4.32. The number of halogens is 1. The Morgan fingerprint density at radius 1 is 1.44 bits per heavy atom. The maximum Gasteiger partial charge on any atom is 0.124 e. The monoisotopic (exact) mass is 260 g/mol. The van der Waals surface area contributed by atoms with E-state index in [9.17, 15) is 4.39 Å². The van der Waals surface area contributed by atoms with Crippen molar-refractivity contribution in [1.29, 1.82) is 5.26 Å². The normalized spacial score (nSPS) is 11.8. The lowest BCUT2D eigenvalue weighted by Crippen LogP contribution is -2.09. The van der Waals surface area contributed by atoms with Crippen molar-refractivity contribution in [1.82, 2.24) is 0 Å². The summed E-state index contributed by atoms with van der Waals surface area (Å²) < 4.78 is 13.1. The van der Waals surface area contributed by atoms with Crippen LogP contribution < -0.4 is 5.32 Å². The SMILES string of the molecule is CCC(Nc1ccc(F)cc1C#N)c1cccs1. The van der Waals surface area contributed by atoms with Crippen LogP contribution in [0.3, 0.4) is 0 Å². The van der Waals surface area contributed by atoms with Crippen LogP contribution in [-0.2, 0) is 0 Å². The number of hydrogen-bond acceptors (Lipinski definition) is 3. The molecule has 0 aliphatic heterocycles. The van der Waals surface area contributed by atoms with Crippen LogP contribution in [0.5, 0.6) is 0 Å². The van der Waals surface area contributed by atoms with Gasteiger partial charge in [0, 0.05) is 4.88 Å². The molecule has 4 heteroatoms. The fourth-order valence-electron chi connectivity index (χ4n) is 1.79. The molecular weight excluding hydrogens is 247 g/mol. The Kier molecular flexibility index (Phi) is 3.96. The highest BCUT2D eigenvalue weighted by atomic mass is 32.1. The van der Waals surface area contributed by atoms with Gasteiger partial charge in [-0.05, 0) is 36.1 Å². The van der Waals surface area contributed by atoms with Crippen LogP contribution in [0.25, 0.3) is 0 Å². The van der Waals surface area contributed by atoms with Gasteiger partial charge in [0.15, 0.2) is 0 Å². The van der Waals surface area contributed by atoms with Gasteiger partial charge in [0.2, 0.25) is 0 Å². The second-order valence-electron chi connectivity index (χ2n) is 3.92. The number of hydrogen-bond donors (Lipinski definition) is 1. The molecule has 1 unspecified atom stereocenters. The summed E-state index contributed by atoms with van der Waals surface area (Å²) in [6.45, 7) is 2.08. The molecule has 0 fully saturated rings. The molecule has 2 aromatic rings. The van der Waals surface area contributed by atoms with Gasteiger partial charge in [-0.1, -0.05) is 13.0 Å². The van der Waals surface area contributed by atoms with Crippen LogP contribution in [-0.4, -0.2) is 0 Å². The number of nitriles is 1. The number of rotatable bonds is 4. The third kappa shape index (κ3) is 2.69. The van der Waals surface area contributed by atoms with Crippen molar-refractivity contribution in [2.75, 3.05) is 5.32 Å². The summed E-state index contributed by atoms with van der Waals surface area (Å²) in [5.74, 6) is -0.388. The molecule has 2 rings (SSSR count). The van der Waals surface area contributed by atoms with E-state index in [4.69, 9.17) is 5.26 Å². The average Bonchev–Trinajstić information content (AvgIpc) is 2.91. The summed E-state index contributed by atoms with van der Waals surface area (Å²) in [4.78, 5) is 1.21. The zero-order valence-corrected chi connectivity index (χ0v) is 10.8. The topological polar surface area (TPSA) is 35.8 Å². The minimum absolute atomic E-state index is 0.155. The Bertz CT molecular complexity index is 558. The molecule has 0 spiro atoms. The average molecular weight is 260 g/mol. The van der Waals surface area contributed by atoms with Crippen LogP contribution in [0.2, 0.25) is 0 Å². The summed E-state index contributed by atoms with van der Waals surface area (Å²) in [7, 11) is 0. The number of nitrogens with one attached hydrogen (secondary N) is 1. The Morgan fingerprint density at radius 2 is 2.28 bits per heavy atom. The smallest absolute Gasteiger partial charge is 0.124 e. The summed E-state index contributed by atoms with van der Waals surface area (Å²) in [5.41, 5.74) is 1.02. The van der Waals surface area contributed by atoms with Gasteiger partial charge < -0.3 is 5.32 Å². The van der Waals surface area contributed by atoms with E-state index < -0.39 is 0 Å². The van der Waals surface area contributed by atoms with Gasteiger partial charge in [-0.2, -0.15) is 5.26 Å². The first-order valence-corrected chi connectivity index (χ1v) is 6.62. The molecule has 1 aromatic heterocycles. The highest BCUT2D eigenvalue weighted by Gasteiger charge is 2.12. The van der Waals surface area contributed by atoms with Crippen molar-refractivity contribution >= 4 is 17.0 Å². The zero-order chi connectivity index (χ0) is 13.0. The zero-order valence-electron chi connectivity index (χ0n) is 9.98. The third-order valence-electron chi connectivity index (χ3n) is 2.73. The van der Waals surface area contributed by atoms with Gasteiger partial charge in [-0.25, -0.2) is 4.39 Å². The number of nitrogens with zero attached hydrogens (tertiary/aromatic N) is 1. The molecule has 2 nitrogen and oxygen atoms in total. The quantitative estimate of drug-likeness (QED) is 0.888. The van der Waals surface area contributed by atoms with E-state index in [0.717, 1.165) is 6.42 Å². The van der Waals surface area contributed by atoms with Gasteiger partial charge in [-0.3, -0.25) is 0 Å². The predicted molar refractivity (Wildman–Crippen MR) is 72.1 cm³/mol. The van der Waals surface area contributed by atoms with Gasteiger partial charge in [0.05, 0.1) is 17.3 Å². The molecule has 0 saturated carbocycles. The summed E-state index contributed by atoms with van der Waals surface area (Å²) >= 11 is 1.67. The molecular formula is C14H13FN2S. The molecule has 0 radical (unpaired) electrons. The van der Waals surface area contributed by atoms with Gasteiger partial charge in [-0.15, -0.1) is 11.3 Å². The minimum Gasteiger partial charge on any atom is -0.376 e. The second kappa shape index (κ2) is 5.65. The molecule has 0 bridgehead atoms. The number of thiophene rings is 1. The van der Waals surface area contributed by atoms with Crippen LogP contribution >= 0.6 is 11.3 Å². The number of anilines is 1. The molecule has 18 heavy (non-hydrogen) atoms. The van der Waals surface area contributed by atoms with E-state index in [1.54, 1.807) is 17.4 Å². The molecule has 92 valence electrons. The molecule has 0 aliphatic carbocycles.